The molecule has 8 nitrogen and oxygen atoms in total. The van der Waals surface area contributed by atoms with Crippen molar-refractivity contribution in [2.75, 3.05) is 0 Å². The fourth-order valence-electron chi connectivity index (χ4n) is 4.90. The van der Waals surface area contributed by atoms with Gasteiger partial charge in [0, 0.05) is 17.0 Å². The van der Waals surface area contributed by atoms with Crippen molar-refractivity contribution in [1.29, 1.82) is 0 Å². The van der Waals surface area contributed by atoms with Crippen LogP contribution in [0.2, 0.25) is 0 Å². The number of nitrogens with one attached hydrogen (secondary N) is 2. The van der Waals surface area contributed by atoms with Crippen LogP contribution in [0.25, 0.3) is 44.2 Å². The van der Waals surface area contributed by atoms with E-state index in [1.54, 1.807) is 18.2 Å². The molecule has 8 heteroatoms. The van der Waals surface area contributed by atoms with Crippen molar-refractivity contribution in [1.82, 2.24) is 14.8 Å². The highest BCUT2D eigenvalue weighted by atomic mass is 16.4. The maximum atomic E-state index is 13.2. The highest BCUT2D eigenvalue weighted by Gasteiger charge is 2.26. The standard InChI is InChI=1S/C24H19N3O5/c28-15-9-10-16-17(11-15)32-21-18(12-5-7-13(8-6-12)24(30)31)19-22(25-20(16)21)27(26-23(19)29)14-3-1-2-4-14/h5-11,14,25H,1-4H2,(H,26,29)(H,30,31). The van der Waals surface area contributed by atoms with Crippen molar-refractivity contribution in [2.45, 2.75) is 31.7 Å². The Morgan fingerprint density at radius 1 is 1.06 bits per heavy atom. The Morgan fingerprint density at radius 3 is 2.53 bits per heavy atom. The van der Waals surface area contributed by atoms with Crippen molar-refractivity contribution in [3.63, 3.8) is 0 Å². The van der Waals surface area contributed by atoms with E-state index in [0.29, 0.717) is 38.8 Å². The van der Waals surface area contributed by atoms with Gasteiger partial charge in [-0.25, -0.2) is 4.79 Å². The van der Waals surface area contributed by atoms with Crippen LogP contribution in [-0.4, -0.2) is 25.8 Å². The number of carboxylic acid groups (broad SMARTS) is 1. The van der Waals surface area contributed by atoms with Gasteiger partial charge in [0.15, 0.2) is 11.0 Å². The molecular formula is C24H19N3O5. The van der Waals surface area contributed by atoms with Gasteiger partial charge in [-0.3, -0.25) is 19.4 Å². The first kappa shape index (κ1) is 18.7. The van der Waals surface area contributed by atoms with Crippen LogP contribution in [-0.2, 0) is 0 Å². The molecule has 5 aromatic rings. The Morgan fingerprint density at radius 2 is 1.81 bits per heavy atom. The van der Waals surface area contributed by atoms with Crippen molar-refractivity contribution in [3.05, 3.63) is 68.6 Å². The number of carbonyl (C=O) groups is 1. The molecule has 3 aromatic heterocycles. The lowest BCUT2D eigenvalue weighted by Crippen LogP contribution is -2.10. The molecule has 32 heavy (non-hydrogen) atoms. The first-order valence-electron chi connectivity index (χ1n) is 10.6. The fourth-order valence-corrected chi connectivity index (χ4v) is 4.90. The smallest absolute Gasteiger partial charge is 0.335 e. The second-order valence-electron chi connectivity index (χ2n) is 8.32. The molecule has 0 radical (unpaired) electrons. The van der Waals surface area contributed by atoms with Crippen LogP contribution in [0.1, 0.15) is 42.1 Å². The number of rotatable bonds is 3. The Bertz CT molecular complexity index is 1640. The Hall–Kier alpha value is -4.07. The number of aromatic nitrogens is 3. The number of hydrogen-bond acceptors (Lipinski definition) is 4. The van der Waals surface area contributed by atoms with Crippen LogP contribution in [0, 0.1) is 0 Å². The van der Waals surface area contributed by atoms with Crippen molar-refractivity contribution in [3.8, 4) is 11.1 Å². The van der Waals surface area contributed by atoms with E-state index in [4.69, 9.17) is 4.42 Å². The highest BCUT2D eigenvalue weighted by molar-refractivity contribution is 6.14. The van der Waals surface area contributed by atoms with E-state index < -0.39 is 5.97 Å². The lowest BCUT2D eigenvalue weighted by Gasteiger charge is -2.13. The normalized spacial score (nSPS) is 14.8. The molecule has 160 valence electrons. The lowest BCUT2D eigenvalue weighted by molar-refractivity contribution is 0.0697. The summed E-state index contributed by atoms with van der Waals surface area (Å²) < 4.78 is 8.00. The maximum absolute atomic E-state index is 13.2. The van der Waals surface area contributed by atoms with E-state index >= 15 is 0 Å². The number of aromatic amines is 2. The van der Waals surface area contributed by atoms with Crippen LogP contribution in [0.4, 0.5) is 0 Å². The molecule has 0 saturated heterocycles. The first-order chi connectivity index (χ1) is 15.5. The largest absolute Gasteiger partial charge is 0.478 e. The summed E-state index contributed by atoms with van der Waals surface area (Å²) in [7, 11) is 0. The maximum Gasteiger partial charge on any atom is 0.335 e. The van der Waals surface area contributed by atoms with Crippen molar-refractivity contribution < 1.29 is 14.3 Å². The van der Waals surface area contributed by atoms with Gasteiger partial charge in [-0.1, -0.05) is 25.0 Å². The predicted molar refractivity (Wildman–Crippen MR) is 120 cm³/mol. The SMILES string of the molecule is O=C(O)c1ccc(-c2c3oc4cc(=O)ccc4c3[nH]c3c2c(=O)[nH]n3C2CCCC2)cc1. The Balaban J connectivity index is 1.76. The molecule has 3 heterocycles. The highest BCUT2D eigenvalue weighted by Crippen LogP contribution is 2.39. The van der Waals surface area contributed by atoms with Crippen LogP contribution < -0.4 is 11.0 Å². The number of hydrogen-bond donors (Lipinski definition) is 3. The molecule has 1 aliphatic rings. The number of furan rings is 1. The monoisotopic (exact) mass is 429 g/mol. The average molecular weight is 429 g/mol. The molecule has 0 bridgehead atoms. The van der Waals surface area contributed by atoms with Gasteiger partial charge in [-0.2, -0.15) is 0 Å². The van der Waals surface area contributed by atoms with Gasteiger partial charge in [0.05, 0.1) is 22.5 Å². The topological polar surface area (TPSA) is 121 Å². The summed E-state index contributed by atoms with van der Waals surface area (Å²) in [5.41, 5.74) is 3.23. The second kappa shape index (κ2) is 6.71. The average Bonchev–Trinajstić information content (AvgIpc) is 3.50. The zero-order valence-corrected chi connectivity index (χ0v) is 17.0. The van der Waals surface area contributed by atoms with Crippen molar-refractivity contribution in [2.24, 2.45) is 0 Å². The quantitative estimate of drug-likeness (QED) is 0.393. The minimum absolute atomic E-state index is 0.154. The molecule has 1 aliphatic carbocycles. The van der Waals surface area contributed by atoms with Crippen LogP contribution in [0.5, 0.6) is 0 Å². The molecule has 0 aliphatic heterocycles. The number of pyridine rings is 1. The lowest BCUT2D eigenvalue weighted by atomic mass is 10.0. The van der Waals surface area contributed by atoms with E-state index in [-0.39, 0.29) is 22.6 Å². The van der Waals surface area contributed by atoms with Gasteiger partial charge in [-0.15, -0.1) is 0 Å². The third-order valence-corrected chi connectivity index (χ3v) is 6.42. The summed E-state index contributed by atoms with van der Waals surface area (Å²) in [5, 5.41) is 13.5. The van der Waals surface area contributed by atoms with E-state index in [9.17, 15) is 19.5 Å². The number of H-pyrrole nitrogens is 2. The third-order valence-electron chi connectivity index (χ3n) is 6.42. The van der Waals surface area contributed by atoms with Crippen LogP contribution in [0.3, 0.4) is 0 Å². The van der Waals surface area contributed by atoms with Gasteiger partial charge in [0.2, 0.25) is 0 Å². The summed E-state index contributed by atoms with van der Waals surface area (Å²) in [6.07, 6.45) is 4.19. The minimum Gasteiger partial charge on any atom is -0.478 e. The third kappa shape index (κ3) is 2.65. The van der Waals surface area contributed by atoms with Gasteiger partial charge in [0.25, 0.3) is 5.56 Å². The molecule has 6 rings (SSSR count). The van der Waals surface area contributed by atoms with Gasteiger partial charge in [-0.05, 0) is 42.7 Å². The second-order valence-corrected chi connectivity index (χ2v) is 8.32. The summed E-state index contributed by atoms with van der Waals surface area (Å²) in [6, 6.07) is 11.2. The van der Waals surface area contributed by atoms with Gasteiger partial charge in [0.1, 0.15) is 11.2 Å². The molecule has 2 aromatic carbocycles. The molecule has 0 spiro atoms. The molecule has 0 amide bonds. The zero-order valence-electron chi connectivity index (χ0n) is 17.0. The first-order valence-corrected chi connectivity index (χ1v) is 10.6. The molecule has 3 N–H and O–H groups in total. The molecule has 0 unspecified atom stereocenters. The minimum atomic E-state index is -1.02. The van der Waals surface area contributed by atoms with Crippen LogP contribution >= 0.6 is 0 Å². The Labute approximate surface area is 180 Å². The number of carboxylic acids is 1. The van der Waals surface area contributed by atoms with Gasteiger partial charge >= 0.3 is 5.97 Å². The van der Waals surface area contributed by atoms with E-state index in [1.807, 2.05) is 4.68 Å². The van der Waals surface area contributed by atoms with E-state index in [0.717, 1.165) is 31.1 Å². The number of benzene rings is 2. The molecule has 1 saturated carbocycles. The molecule has 0 atom stereocenters. The summed E-state index contributed by atoms with van der Waals surface area (Å²) >= 11 is 0. The van der Waals surface area contributed by atoms with E-state index in [2.05, 4.69) is 10.1 Å². The predicted octanol–water partition coefficient (Wildman–Crippen LogP) is 4.40. The van der Waals surface area contributed by atoms with E-state index in [1.165, 1.54) is 24.3 Å². The van der Waals surface area contributed by atoms with Gasteiger partial charge < -0.3 is 14.5 Å². The number of fused-ring (bicyclic) bond motifs is 4. The summed E-state index contributed by atoms with van der Waals surface area (Å²) in [5.74, 6) is -1.02. The number of nitrogens with zero attached hydrogens (tertiary/aromatic N) is 1. The molecule has 1 fully saturated rings. The Kier molecular flexibility index (Phi) is 3.92. The molecular weight excluding hydrogens is 410 g/mol. The summed E-state index contributed by atoms with van der Waals surface area (Å²) in [4.78, 5) is 39.8. The summed E-state index contributed by atoms with van der Waals surface area (Å²) in [6.45, 7) is 0. The van der Waals surface area contributed by atoms with Crippen LogP contribution in [0.15, 0.2) is 56.5 Å². The van der Waals surface area contributed by atoms with Crippen molar-refractivity contribution >= 4 is 39.1 Å². The number of aromatic carboxylic acids is 1. The fraction of sp³-hybridized carbons (Fsp3) is 0.208. The zero-order chi connectivity index (χ0) is 22.0.